The van der Waals surface area contributed by atoms with Crippen molar-refractivity contribution in [1.82, 2.24) is 4.90 Å². The van der Waals surface area contributed by atoms with Crippen LogP contribution in [-0.4, -0.2) is 46.4 Å². The summed E-state index contributed by atoms with van der Waals surface area (Å²) in [5.41, 5.74) is 0. The first-order valence-corrected chi connectivity index (χ1v) is 7.60. The van der Waals surface area contributed by atoms with Crippen LogP contribution in [0.3, 0.4) is 0 Å². The lowest BCUT2D eigenvalue weighted by Gasteiger charge is -2.36. The zero-order valence-corrected chi connectivity index (χ0v) is 12.5. The van der Waals surface area contributed by atoms with Gasteiger partial charge in [0.2, 0.25) is 6.04 Å². The Hall–Kier alpha value is -1.66. The topological polar surface area (TPSA) is 89.8 Å². The van der Waals surface area contributed by atoms with Gasteiger partial charge in [-0.1, -0.05) is 6.92 Å². The van der Waals surface area contributed by atoms with Crippen LogP contribution in [0.5, 0.6) is 0 Å². The molecule has 1 saturated heterocycles. The van der Waals surface area contributed by atoms with Gasteiger partial charge in [0.1, 0.15) is 5.92 Å². The molecular weight excluding hydrogens is 276 g/mol. The highest BCUT2D eigenvalue weighted by atomic mass is 16.6. The molecule has 1 aliphatic heterocycles. The first-order chi connectivity index (χ1) is 9.95. The molecule has 0 bridgehead atoms. The number of ether oxygens (including phenoxy) is 1. The Balaban J connectivity index is 1.87. The Bertz CT molecular complexity index is 439. The molecule has 2 fully saturated rings. The first kappa shape index (κ1) is 15.7. The van der Waals surface area contributed by atoms with Crippen LogP contribution < -0.4 is 0 Å². The van der Waals surface area contributed by atoms with Gasteiger partial charge in [-0.2, -0.15) is 0 Å². The van der Waals surface area contributed by atoms with Crippen LogP contribution >= 0.6 is 0 Å². The van der Waals surface area contributed by atoms with Gasteiger partial charge in [-0.05, 0) is 32.6 Å². The number of hydrogen-bond donors (Lipinski definition) is 0. The molecule has 1 saturated carbocycles. The molecule has 1 aliphatic carbocycles. The van der Waals surface area contributed by atoms with Gasteiger partial charge in [-0.3, -0.25) is 19.7 Å². The Morgan fingerprint density at radius 3 is 2.71 bits per heavy atom. The third-order valence-corrected chi connectivity index (χ3v) is 4.35. The summed E-state index contributed by atoms with van der Waals surface area (Å²) in [4.78, 5) is 36.0. The van der Waals surface area contributed by atoms with Gasteiger partial charge in [0.15, 0.2) is 6.10 Å². The summed E-state index contributed by atoms with van der Waals surface area (Å²) in [6.07, 6.45) is 3.30. The lowest BCUT2D eigenvalue weighted by Crippen LogP contribution is -2.48. The Kier molecular flexibility index (Phi) is 4.80. The number of nitrogens with zero attached hydrogens (tertiary/aromatic N) is 2. The molecule has 118 valence electrons. The largest absolute Gasteiger partial charge is 0.452 e. The lowest BCUT2D eigenvalue weighted by atomic mass is 9.99. The van der Waals surface area contributed by atoms with Crippen molar-refractivity contribution in [2.45, 2.75) is 64.1 Å². The van der Waals surface area contributed by atoms with Gasteiger partial charge < -0.3 is 9.64 Å². The highest BCUT2D eigenvalue weighted by Gasteiger charge is 2.55. The SMILES string of the molecule is CCC1CCCCN1C(=O)C(C)OC(=O)C1CC1[N+](=O)[O-]. The molecule has 0 aromatic heterocycles. The molecule has 0 aromatic rings. The van der Waals surface area contributed by atoms with E-state index in [1.54, 1.807) is 11.8 Å². The second-order valence-corrected chi connectivity index (χ2v) is 5.86. The van der Waals surface area contributed by atoms with Crippen molar-refractivity contribution in [3.05, 3.63) is 10.1 Å². The molecular formula is C14H22N2O5. The molecule has 2 rings (SSSR count). The maximum atomic E-state index is 12.4. The second-order valence-electron chi connectivity index (χ2n) is 5.86. The van der Waals surface area contributed by atoms with Gasteiger partial charge in [-0.25, -0.2) is 0 Å². The number of piperidine rings is 1. The number of esters is 1. The van der Waals surface area contributed by atoms with E-state index < -0.39 is 29.0 Å². The van der Waals surface area contributed by atoms with Crippen molar-refractivity contribution in [3.63, 3.8) is 0 Å². The van der Waals surface area contributed by atoms with Gasteiger partial charge in [-0.15, -0.1) is 0 Å². The summed E-state index contributed by atoms with van der Waals surface area (Å²) in [5.74, 6) is -1.49. The fourth-order valence-electron chi connectivity index (χ4n) is 2.93. The minimum atomic E-state index is -0.863. The average Bonchev–Trinajstić information content (AvgIpc) is 3.27. The quantitative estimate of drug-likeness (QED) is 0.434. The summed E-state index contributed by atoms with van der Waals surface area (Å²) >= 11 is 0. The molecule has 7 heteroatoms. The maximum absolute atomic E-state index is 12.4. The monoisotopic (exact) mass is 298 g/mol. The van der Waals surface area contributed by atoms with Crippen molar-refractivity contribution in [2.24, 2.45) is 5.92 Å². The number of hydrogen-bond acceptors (Lipinski definition) is 5. The molecule has 0 spiro atoms. The van der Waals surface area contributed by atoms with Crippen LogP contribution in [0.1, 0.15) is 46.0 Å². The minimum Gasteiger partial charge on any atom is -0.452 e. The third-order valence-electron chi connectivity index (χ3n) is 4.35. The van der Waals surface area contributed by atoms with E-state index in [-0.39, 0.29) is 18.4 Å². The molecule has 2 aliphatic rings. The molecule has 7 nitrogen and oxygen atoms in total. The zero-order chi connectivity index (χ0) is 15.6. The summed E-state index contributed by atoms with van der Waals surface area (Å²) in [5, 5.41) is 10.5. The van der Waals surface area contributed by atoms with E-state index in [0.717, 1.165) is 25.7 Å². The molecule has 1 heterocycles. The van der Waals surface area contributed by atoms with E-state index in [1.807, 2.05) is 6.92 Å². The fourth-order valence-corrected chi connectivity index (χ4v) is 2.93. The van der Waals surface area contributed by atoms with Gasteiger partial charge >= 0.3 is 5.97 Å². The molecule has 0 radical (unpaired) electrons. The summed E-state index contributed by atoms with van der Waals surface area (Å²) < 4.78 is 5.13. The standard InChI is InChI=1S/C14H22N2O5/c1-3-10-6-4-5-7-15(10)13(17)9(2)21-14(18)11-8-12(11)16(19)20/h9-12H,3-8H2,1-2H3. The number of nitro groups is 1. The maximum Gasteiger partial charge on any atom is 0.316 e. The van der Waals surface area contributed by atoms with E-state index in [0.29, 0.717) is 6.54 Å². The van der Waals surface area contributed by atoms with Crippen LogP contribution in [0, 0.1) is 16.0 Å². The van der Waals surface area contributed by atoms with E-state index in [9.17, 15) is 19.7 Å². The number of carbonyl (C=O) groups excluding carboxylic acids is 2. The Morgan fingerprint density at radius 1 is 1.43 bits per heavy atom. The number of rotatable bonds is 5. The molecule has 0 N–H and O–H groups in total. The van der Waals surface area contributed by atoms with Crippen LogP contribution in [0.2, 0.25) is 0 Å². The fraction of sp³-hybridized carbons (Fsp3) is 0.857. The van der Waals surface area contributed by atoms with Crippen molar-refractivity contribution in [3.8, 4) is 0 Å². The normalized spacial score (nSPS) is 29.6. The van der Waals surface area contributed by atoms with Crippen molar-refractivity contribution >= 4 is 11.9 Å². The van der Waals surface area contributed by atoms with E-state index in [2.05, 4.69) is 0 Å². The smallest absolute Gasteiger partial charge is 0.316 e. The molecule has 0 aromatic carbocycles. The number of carbonyl (C=O) groups is 2. The average molecular weight is 298 g/mol. The Labute approximate surface area is 123 Å². The van der Waals surface area contributed by atoms with Crippen LogP contribution in [0.15, 0.2) is 0 Å². The van der Waals surface area contributed by atoms with Crippen molar-refractivity contribution in [2.75, 3.05) is 6.54 Å². The van der Waals surface area contributed by atoms with Gasteiger partial charge in [0, 0.05) is 23.9 Å². The molecule has 4 atom stereocenters. The highest BCUT2D eigenvalue weighted by molar-refractivity contribution is 5.85. The van der Waals surface area contributed by atoms with E-state index in [1.165, 1.54) is 0 Å². The summed E-state index contributed by atoms with van der Waals surface area (Å²) in [6, 6.07) is -0.627. The number of likely N-dealkylation sites (tertiary alicyclic amines) is 1. The number of amides is 1. The zero-order valence-electron chi connectivity index (χ0n) is 12.5. The summed E-state index contributed by atoms with van der Waals surface area (Å²) in [7, 11) is 0. The second kappa shape index (κ2) is 6.41. The molecule has 1 amide bonds. The van der Waals surface area contributed by atoms with E-state index in [4.69, 9.17) is 4.74 Å². The minimum absolute atomic E-state index is 0.187. The van der Waals surface area contributed by atoms with Crippen LogP contribution in [-0.2, 0) is 14.3 Å². The van der Waals surface area contributed by atoms with Crippen LogP contribution in [0.25, 0.3) is 0 Å². The first-order valence-electron chi connectivity index (χ1n) is 7.60. The van der Waals surface area contributed by atoms with Gasteiger partial charge in [0.05, 0.1) is 0 Å². The predicted octanol–water partition coefficient (Wildman–Crippen LogP) is 1.37. The third kappa shape index (κ3) is 3.51. The highest BCUT2D eigenvalue weighted by Crippen LogP contribution is 2.34. The van der Waals surface area contributed by atoms with Crippen LogP contribution in [0.4, 0.5) is 0 Å². The summed E-state index contributed by atoms with van der Waals surface area (Å²) in [6.45, 7) is 4.28. The van der Waals surface area contributed by atoms with Gasteiger partial charge in [0.25, 0.3) is 5.91 Å². The van der Waals surface area contributed by atoms with Crippen molar-refractivity contribution in [1.29, 1.82) is 0 Å². The lowest BCUT2D eigenvalue weighted by molar-refractivity contribution is -0.497. The molecule has 4 unspecified atom stereocenters. The Morgan fingerprint density at radius 2 is 2.14 bits per heavy atom. The van der Waals surface area contributed by atoms with E-state index >= 15 is 0 Å². The predicted molar refractivity (Wildman–Crippen MR) is 74.1 cm³/mol. The molecule has 21 heavy (non-hydrogen) atoms. The van der Waals surface area contributed by atoms with Crippen molar-refractivity contribution < 1.29 is 19.2 Å².